The number of hydrogen-bond acceptors (Lipinski definition) is 2. The second-order valence-electron chi connectivity index (χ2n) is 4.52. The zero-order chi connectivity index (χ0) is 13.5. The van der Waals surface area contributed by atoms with Crippen LogP contribution in [-0.4, -0.2) is 24.1 Å². The van der Waals surface area contributed by atoms with E-state index in [2.05, 4.69) is 19.2 Å². The van der Waals surface area contributed by atoms with Gasteiger partial charge in [0.25, 0.3) is 0 Å². The summed E-state index contributed by atoms with van der Waals surface area (Å²) in [5.41, 5.74) is 0.705. The monoisotopic (exact) mass is 273 g/mol. The smallest absolute Gasteiger partial charge is 0.126 e. The Morgan fingerprint density at radius 1 is 1.22 bits per heavy atom. The van der Waals surface area contributed by atoms with Crippen molar-refractivity contribution in [2.75, 3.05) is 12.8 Å². The molecule has 18 heavy (non-hydrogen) atoms. The molecule has 0 aliphatic carbocycles. The van der Waals surface area contributed by atoms with E-state index in [9.17, 15) is 8.78 Å². The molecule has 1 aromatic carbocycles. The van der Waals surface area contributed by atoms with E-state index in [1.165, 1.54) is 12.1 Å². The summed E-state index contributed by atoms with van der Waals surface area (Å²) in [5, 5.41) is 3.82. The van der Waals surface area contributed by atoms with Gasteiger partial charge >= 0.3 is 0 Å². The highest BCUT2D eigenvalue weighted by Gasteiger charge is 2.11. The van der Waals surface area contributed by atoms with E-state index in [4.69, 9.17) is 0 Å². The van der Waals surface area contributed by atoms with Crippen molar-refractivity contribution in [3.63, 3.8) is 0 Å². The molecular weight excluding hydrogens is 252 g/mol. The minimum atomic E-state index is -0.505. The lowest BCUT2D eigenvalue weighted by Crippen LogP contribution is -2.30. The average molecular weight is 273 g/mol. The van der Waals surface area contributed by atoms with Crippen LogP contribution in [0.4, 0.5) is 8.78 Å². The van der Waals surface area contributed by atoms with E-state index in [-0.39, 0.29) is 6.04 Å². The first-order valence-electron chi connectivity index (χ1n) is 6.29. The molecule has 1 aromatic rings. The van der Waals surface area contributed by atoms with Crippen LogP contribution in [0.15, 0.2) is 18.2 Å². The van der Waals surface area contributed by atoms with Crippen LogP contribution in [-0.2, 0) is 6.42 Å². The highest BCUT2D eigenvalue weighted by molar-refractivity contribution is 7.99. The van der Waals surface area contributed by atoms with Crippen molar-refractivity contribution >= 4 is 11.8 Å². The average Bonchev–Trinajstić information content (AvgIpc) is 2.32. The molecule has 0 fully saturated rings. The molecule has 0 heterocycles. The van der Waals surface area contributed by atoms with E-state index in [0.29, 0.717) is 17.2 Å². The Balaban J connectivity index is 2.56. The Bertz CT molecular complexity index is 351. The standard InChI is InChI=1S/C14H21F2NS/c1-4-10(2)18-9-14(17-3)7-11-5-12(15)8-13(16)6-11/h5-6,8,10,14,17H,4,7,9H2,1-3H3. The Morgan fingerprint density at radius 3 is 2.33 bits per heavy atom. The maximum Gasteiger partial charge on any atom is 0.126 e. The van der Waals surface area contributed by atoms with Gasteiger partial charge in [0.1, 0.15) is 11.6 Å². The van der Waals surface area contributed by atoms with Gasteiger partial charge in [-0.2, -0.15) is 11.8 Å². The topological polar surface area (TPSA) is 12.0 Å². The SMILES string of the molecule is CCC(C)SCC(Cc1cc(F)cc(F)c1)NC. The lowest BCUT2D eigenvalue weighted by Gasteiger charge is -2.18. The van der Waals surface area contributed by atoms with Gasteiger partial charge in [-0.15, -0.1) is 0 Å². The number of likely N-dealkylation sites (N-methyl/N-ethyl adjacent to an activating group) is 1. The molecule has 0 spiro atoms. The molecule has 0 aliphatic heterocycles. The third-order valence-electron chi connectivity index (χ3n) is 2.97. The summed E-state index contributed by atoms with van der Waals surface area (Å²) in [6.45, 7) is 4.35. The van der Waals surface area contributed by atoms with Crippen LogP contribution in [0.1, 0.15) is 25.8 Å². The van der Waals surface area contributed by atoms with Crippen molar-refractivity contribution in [3.8, 4) is 0 Å². The van der Waals surface area contributed by atoms with Gasteiger partial charge in [-0.05, 0) is 37.6 Å². The second kappa shape index (κ2) is 7.74. The number of benzene rings is 1. The van der Waals surface area contributed by atoms with Gasteiger partial charge in [0.15, 0.2) is 0 Å². The molecule has 1 nitrogen and oxygen atoms in total. The molecule has 0 radical (unpaired) electrons. The first-order chi connectivity index (χ1) is 8.55. The fraction of sp³-hybridized carbons (Fsp3) is 0.571. The maximum absolute atomic E-state index is 13.1. The molecule has 0 aromatic heterocycles. The molecule has 0 amide bonds. The van der Waals surface area contributed by atoms with Gasteiger partial charge in [-0.3, -0.25) is 0 Å². The van der Waals surface area contributed by atoms with Crippen molar-refractivity contribution in [2.24, 2.45) is 0 Å². The normalized spacial score (nSPS) is 14.5. The first-order valence-corrected chi connectivity index (χ1v) is 7.33. The van der Waals surface area contributed by atoms with Crippen LogP contribution in [0.3, 0.4) is 0 Å². The van der Waals surface area contributed by atoms with Gasteiger partial charge in [0.05, 0.1) is 0 Å². The van der Waals surface area contributed by atoms with Crippen LogP contribution in [0, 0.1) is 11.6 Å². The minimum Gasteiger partial charge on any atom is -0.316 e. The van der Waals surface area contributed by atoms with Crippen molar-refractivity contribution in [2.45, 2.75) is 38.0 Å². The molecular formula is C14H21F2NS. The van der Waals surface area contributed by atoms with Gasteiger partial charge in [-0.1, -0.05) is 13.8 Å². The predicted molar refractivity (Wildman–Crippen MR) is 75.1 cm³/mol. The summed E-state index contributed by atoms with van der Waals surface area (Å²) in [6.07, 6.45) is 1.78. The van der Waals surface area contributed by atoms with Crippen LogP contribution in [0.5, 0.6) is 0 Å². The largest absolute Gasteiger partial charge is 0.316 e. The third kappa shape index (κ3) is 5.36. The summed E-state index contributed by atoms with van der Waals surface area (Å²) in [6, 6.07) is 3.96. The summed E-state index contributed by atoms with van der Waals surface area (Å²) in [4.78, 5) is 0. The molecule has 0 bridgehead atoms. The fourth-order valence-corrected chi connectivity index (χ4v) is 2.74. The van der Waals surface area contributed by atoms with Crippen molar-refractivity contribution < 1.29 is 8.78 Å². The van der Waals surface area contributed by atoms with Crippen molar-refractivity contribution in [3.05, 3.63) is 35.4 Å². The Hall–Kier alpha value is -0.610. The zero-order valence-electron chi connectivity index (χ0n) is 11.2. The first kappa shape index (κ1) is 15.4. The molecule has 0 saturated carbocycles. The van der Waals surface area contributed by atoms with Gasteiger partial charge in [0.2, 0.25) is 0 Å². The van der Waals surface area contributed by atoms with Gasteiger partial charge in [0, 0.05) is 23.1 Å². The van der Waals surface area contributed by atoms with Crippen LogP contribution in [0.25, 0.3) is 0 Å². The number of rotatable bonds is 7. The molecule has 102 valence electrons. The van der Waals surface area contributed by atoms with E-state index in [1.54, 1.807) is 0 Å². The van der Waals surface area contributed by atoms with Crippen LogP contribution in [0.2, 0.25) is 0 Å². The van der Waals surface area contributed by atoms with Crippen molar-refractivity contribution in [1.29, 1.82) is 0 Å². The Labute approximate surface area is 112 Å². The predicted octanol–water partition coefficient (Wildman–Crippen LogP) is 3.63. The quantitative estimate of drug-likeness (QED) is 0.814. The highest BCUT2D eigenvalue weighted by atomic mass is 32.2. The van der Waals surface area contributed by atoms with E-state index in [0.717, 1.165) is 18.2 Å². The number of nitrogens with one attached hydrogen (secondary N) is 1. The van der Waals surface area contributed by atoms with Crippen LogP contribution >= 0.6 is 11.8 Å². The van der Waals surface area contributed by atoms with Crippen LogP contribution < -0.4 is 5.32 Å². The van der Waals surface area contributed by atoms with Gasteiger partial charge in [-0.25, -0.2) is 8.78 Å². The lowest BCUT2D eigenvalue weighted by molar-refractivity contribution is 0.569. The molecule has 2 atom stereocenters. The fourth-order valence-electron chi connectivity index (χ4n) is 1.66. The molecule has 1 N–H and O–H groups in total. The summed E-state index contributed by atoms with van der Waals surface area (Å²) in [7, 11) is 1.89. The van der Waals surface area contributed by atoms with E-state index in [1.807, 2.05) is 18.8 Å². The summed E-state index contributed by atoms with van der Waals surface area (Å²) >= 11 is 1.89. The molecule has 2 unspecified atom stereocenters. The number of halogens is 2. The van der Waals surface area contributed by atoms with Crippen molar-refractivity contribution in [1.82, 2.24) is 5.32 Å². The lowest BCUT2D eigenvalue weighted by atomic mass is 10.1. The third-order valence-corrected chi connectivity index (χ3v) is 4.47. The second-order valence-corrected chi connectivity index (χ2v) is 5.99. The van der Waals surface area contributed by atoms with E-state index < -0.39 is 11.6 Å². The number of hydrogen-bond donors (Lipinski definition) is 1. The maximum atomic E-state index is 13.1. The Kier molecular flexibility index (Phi) is 6.65. The summed E-state index contributed by atoms with van der Waals surface area (Å²) < 4.78 is 26.2. The number of thioether (sulfide) groups is 1. The molecule has 1 rings (SSSR count). The Morgan fingerprint density at radius 2 is 1.83 bits per heavy atom. The minimum absolute atomic E-state index is 0.241. The zero-order valence-corrected chi connectivity index (χ0v) is 12.0. The van der Waals surface area contributed by atoms with Gasteiger partial charge < -0.3 is 5.32 Å². The molecule has 0 saturated heterocycles. The summed E-state index contributed by atoms with van der Waals surface area (Å²) in [5.74, 6) is -0.0623. The van der Waals surface area contributed by atoms with E-state index >= 15 is 0 Å². The molecule has 0 aliphatic rings. The molecule has 4 heteroatoms. The highest BCUT2D eigenvalue weighted by Crippen LogP contribution is 2.17.